The van der Waals surface area contributed by atoms with Crippen LogP contribution in [0.4, 0.5) is 0 Å². The highest BCUT2D eigenvalue weighted by Crippen LogP contribution is 1.94. The highest BCUT2D eigenvalue weighted by atomic mass is 16.2. The van der Waals surface area contributed by atoms with Gasteiger partial charge < -0.3 is 10.2 Å². The molecular weight excluding hydrogens is 180 g/mol. The molecule has 0 radical (unpaired) electrons. The van der Waals surface area contributed by atoms with Crippen molar-refractivity contribution in [3.8, 4) is 0 Å². The maximum Gasteiger partial charge on any atom is 0.221 e. The lowest BCUT2D eigenvalue weighted by Gasteiger charge is -2.20. The van der Waals surface area contributed by atoms with Crippen molar-refractivity contribution in [3.05, 3.63) is 0 Å². The van der Waals surface area contributed by atoms with E-state index in [9.17, 15) is 9.59 Å². The molecule has 0 spiro atoms. The van der Waals surface area contributed by atoms with Gasteiger partial charge >= 0.3 is 0 Å². The third-order valence-electron chi connectivity index (χ3n) is 2.11. The Balaban J connectivity index is 3.58. The van der Waals surface area contributed by atoms with E-state index < -0.39 is 0 Å². The van der Waals surface area contributed by atoms with Gasteiger partial charge in [-0.25, -0.2) is 0 Å². The van der Waals surface area contributed by atoms with Crippen LogP contribution in [-0.2, 0) is 9.59 Å². The molecule has 4 heteroatoms. The Kier molecular flexibility index (Phi) is 6.12. The number of carbonyl (C=O) groups excluding carboxylic acids is 2. The van der Waals surface area contributed by atoms with Gasteiger partial charge in [0, 0.05) is 19.0 Å². The van der Waals surface area contributed by atoms with E-state index >= 15 is 0 Å². The molecule has 4 nitrogen and oxygen atoms in total. The average Bonchev–Trinajstić information content (AvgIpc) is 2.10. The topological polar surface area (TPSA) is 49.4 Å². The normalized spacial score (nSPS) is 10.7. The minimum Gasteiger partial charge on any atom is -0.349 e. The number of nitrogens with one attached hydrogen (secondary N) is 1. The van der Waals surface area contributed by atoms with Crippen LogP contribution in [0.2, 0.25) is 0 Å². The van der Waals surface area contributed by atoms with Gasteiger partial charge in [0.15, 0.2) is 0 Å². The number of amides is 1. The number of hydrogen-bond donors (Lipinski definition) is 1. The summed E-state index contributed by atoms with van der Waals surface area (Å²) in [6.07, 6.45) is 0.446. The van der Waals surface area contributed by atoms with Crippen LogP contribution in [0.15, 0.2) is 0 Å². The Morgan fingerprint density at radius 3 is 2.36 bits per heavy atom. The number of hydrogen-bond acceptors (Lipinski definition) is 3. The van der Waals surface area contributed by atoms with Crippen LogP contribution in [0.3, 0.4) is 0 Å². The molecule has 1 N–H and O–H groups in total. The van der Waals surface area contributed by atoms with Crippen molar-refractivity contribution >= 4 is 11.7 Å². The van der Waals surface area contributed by atoms with E-state index in [0.717, 1.165) is 6.54 Å². The smallest absolute Gasteiger partial charge is 0.221 e. The summed E-state index contributed by atoms with van der Waals surface area (Å²) in [6.45, 7) is 6.48. The molecule has 0 aliphatic rings. The number of rotatable bonds is 6. The number of nitrogens with zero attached hydrogens (tertiary/aromatic N) is 1. The van der Waals surface area contributed by atoms with E-state index in [0.29, 0.717) is 12.5 Å². The van der Waals surface area contributed by atoms with Crippen LogP contribution in [0.25, 0.3) is 0 Å². The summed E-state index contributed by atoms with van der Waals surface area (Å²) in [7, 11) is 1.98. The fourth-order valence-electron chi connectivity index (χ4n) is 0.848. The number of Topliss-reactive ketones (excluding diaryl/α,β-unsaturated/α-hetero) is 1. The molecular formula is C10H20N2O2. The van der Waals surface area contributed by atoms with E-state index in [-0.39, 0.29) is 18.2 Å². The van der Waals surface area contributed by atoms with Crippen molar-refractivity contribution < 1.29 is 9.59 Å². The fraction of sp³-hybridized carbons (Fsp3) is 0.800. The van der Waals surface area contributed by atoms with Crippen LogP contribution < -0.4 is 5.32 Å². The van der Waals surface area contributed by atoms with Gasteiger partial charge in [-0.3, -0.25) is 9.59 Å². The van der Waals surface area contributed by atoms with Gasteiger partial charge in [0.1, 0.15) is 5.78 Å². The molecule has 0 aromatic heterocycles. The monoisotopic (exact) mass is 200 g/mol. The van der Waals surface area contributed by atoms with Crippen LogP contribution in [-0.4, -0.2) is 42.8 Å². The highest BCUT2D eigenvalue weighted by Gasteiger charge is 2.06. The SMILES string of the molecule is CC(=O)CNC(=O)CCN(C)C(C)C. The van der Waals surface area contributed by atoms with Gasteiger partial charge in [0.25, 0.3) is 0 Å². The van der Waals surface area contributed by atoms with Crippen molar-refractivity contribution in [2.24, 2.45) is 0 Å². The largest absolute Gasteiger partial charge is 0.349 e. The molecule has 0 bridgehead atoms. The Labute approximate surface area is 85.7 Å². The van der Waals surface area contributed by atoms with E-state index in [1.807, 2.05) is 7.05 Å². The molecule has 0 saturated carbocycles. The van der Waals surface area contributed by atoms with Gasteiger partial charge in [-0.1, -0.05) is 0 Å². The first-order chi connectivity index (χ1) is 6.43. The molecule has 0 rings (SSSR count). The summed E-state index contributed by atoms with van der Waals surface area (Å²) in [5.74, 6) is -0.0803. The molecule has 0 unspecified atom stereocenters. The van der Waals surface area contributed by atoms with Crippen LogP contribution in [0.5, 0.6) is 0 Å². The zero-order chi connectivity index (χ0) is 11.1. The van der Waals surface area contributed by atoms with E-state index in [1.54, 1.807) is 0 Å². The lowest BCUT2D eigenvalue weighted by molar-refractivity contribution is -0.124. The maximum absolute atomic E-state index is 11.2. The summed E-state index contributed by atoms with van der Waals surface area (Å²) in [6, 6.07) is 0.440. The summed E-state index contributed by atoms with van der Waals surface area (Å²) < 4.78 is 0. The van der Waals surface area contributed by atoms with Crippen molar-refractivity contribution in [3.63, 3.8) is 0 Å². The quantitative estimate of drug-likeness (QED) is 0.676. The van der Waals surface area contributed by atoms with E-state index in [4.69, 9.17) is 0 Å². The number of ketones is 1. The molecule has 82 valence electrons. The second-order valence-electron chi connectivity index (χ2n) is 3.80. The zero-order valence-corrected chi connectivity index (χ0v) is 9.46. The standard InChI is InChI=1S/C10H20N2O2/c1-8(2)12(4)6-5-10(14)11-7-9(3)13/h8H,5-7H2,1-4H3,(H,11,14). The minimum absolute atomic E-state index is 0.0180. The zero-order valence-electron chi connectivity index (χ0n) is 9.46. The van der Waals surface area contributed by atoms with Crippen LogP contribution in [0.1, 0.15) is 27.2 Å². The maximum atomic E-state index is 11.2. The molecule has 1 amide bonds. The lowest BCUT2D eigenvalue weighted by Crippen LogP contribution is -2.33. The van der Waals surface area contributed by atoms with Gasteiger partial charge in [-0.05, 0) is 27.8 Å². The molecule has 0 atom stereocenters. The van der Waals surface area contributed by atoms with Crippen molar-refractivity contribution in [1.29, 1.82) is 0 Å². The third-order valence-corrected chi connectivity index (χ3v) is 2.11. The second kappa shape index (κ2) is 6.54. The Bertz CT molecular complexity index is 202. The molecule has 0 aliphatic heterocycles. The van der Waals surface area contributed by atoms with Gasteiger partial charge in [-0.2, -0.15) is 0 Å². The first kappa shape index (κ1) is 13.1. The second-order valence-corrected chi connectivity index (χ2v) is 3.80. The van der Waals surface area contributed by atoms with Crippen molar-refractivity contribution in [1.82, 2.24) is 10.2 Å². The Hall–Kier alpha value is -0.900. The summed E-state index contributed by atoms with van der Waals surface area (Å²) in [5, 5.41) is 2.56. The van der Waals surface area contributed by atoms with Gasteiger partial charge in [-0.15, -0.1) is 0 Å². The van der Waals surface area contributed by atoms with Gasteiger partial charge in [0.05, 0.1) is 6.54 Å². The summed E-state index contributed by atoms with van der Waals surface area (Å²) in [4.78, 5) is 23.8. The van der Waals surface area contributed by atoms with Crippen molar-refractivity contribution in [2.75, 3.05) is 20.1 Å². The Morgan fingerprint density at radius 2 is 1.93 bits per heavy atom. The summed E-state index contributed by atoms with van der Waals surface area (Å²) >= 11 is 0. The first-order valence-corrected chi connectivity index (χ1v) is 4.90. The molecule has 0 saturated heterocycles. The summed E-state index contributed by atoms with van der Waals surface area (Å²) in [5.41, 5.74) is 0. The first-order valence-electron chi connectivity index (χ1n) is 4.90. The fourth-order valence-corrected chi connectivity index (χ4v) is 0.848. The lowest BCUT2D eigenvalue weighted by atomic mass is 10.3. The van der Waals surface area contributed by atoms with Crippen LogP contribution in [0, 0.1) is 0 Å². The molecule has 0 heterocycles. The number of carbonyl (C=O) groups is 2. The molecule has 14 heavy (non-hydrogen) atoms. The van der Waals surface area contributed by atoms with Crippen LogP contribution >= 0.6 is 0 Å². The average molecular weight is 200 g/mol. The van der Waals surface area contributed by atoms with Gasteiger partial charge in [0.2, 0.25) is 5.91 Å². The Morgan fingerprint density at radius 1 is 1.36 bits per heavy atom. The van der Waals surface area contributed by atoms with E-state index in [1.165, 1.54) is 6.92 Å². The molecule has 0 aromatic carbocycles. The van der Waals surface area contributed by atoms with E-state index in [2.05, 4.69) is 24.1 Å². The van der Waals surface area contributed by atoms with Crippen molar-refractivity contribution in [2.45, 2.75) is 33.2 Å². The highest BCUT2D eigenvalue weighted by molar-refractivity contribution is 5.84. The minimum atomic E-state index is -0.0623. The predicted molar refractivity (Wildman–Crippen MR) is 56.1 cm³/mol. The molecule has 0 aromatic rings. The molecule has 0 aliphatic carbocycles. The predicted octanol–water partition coefficient (Wildman–Crippen LogP) is 0.422. The third kappa shape index (κ3) is 6.60. The molecule has 0 fully saturated rings.